The maximum atomic E-state index is 13.7. The first kappa shape index (κ1) is 17.3. The van der Waals surface area contributed by atoms with Gasteiger partial charge in [-0.1, -0.05) is 35.9 Å². The van der Waals surface area contributed by atoms with Crippen LogP contribution in [0, 0.1) is 12.7 Å². The lowest BCUT2D eigenvalue weighted by molar-refractivity contribution is 0.0766. The summed E-state index contributed by atoms with van der Waals surface area (Å²) in [4.78, 5) is 14.5. The van der Waals surface area contributed by atoms with E-state index in [1.54, 1.807) is 19.1 Å². The third-order valence-corrected chi connectivity index (χ3v) is 5.95. The van der Waals surface area contributed by atoms with Crippen LogP contribution in [0.4, 0.5) is 4.39 Å². The highest BCUT2D eigenvalue weighted by Gasteiger charge is 2.24. The number of amides is 1. The van der Waals surface area contributed by atoms with Gasteiger partial charge in [0, 0.05) is 34.7 Å². The van der Waals surface area contributed by atoms with Crippen LogP contribution in [-0.2, 0) is 0 Å². The lowest BCUT2D eigenvalue weighted by Gasteiger charge is -2.20. The van der Waals surface area contributed by atoms with E-state index in [-0.39, 0.29) is 17.0 Å². The number of carbonyl (C=O) groups is 1. The van der Waals surface area contributed by atoms with Crippen LogP contribution in [-0.4, -0.2) is 29.6 Å². The minimum atomic E-state index is -0.334. The smallest absolute Gasteiger partial charge is 0.253 e. The highest BCUT2D eigenvalue weighted by Crippen LogP contribution is 2.37. The number of rotatable bonds is 2. The van der Waals surface area contributed by atoms with Crippen molar-refractivity contribution in [2.75, 3.05) is 18.8 Å². The molecule has 5 heteroatoms. The van der Waals surface area contributed by atoms with E-state index in [1.165, 1.54) is 6.07 Å². The summed E-state index contributed by atoms with van der Waals surface area (Å²) < 4.78 is 13.7. The first-order valence-corrected chi connectivity index (χ1v) is 9.40. The van der Waals surface area contributed by atoms with Crippen molar-refractivity contribution in [3.63, 3.8) is 0 Å². The highest BCUT2D eigenvalue weighted by atomic mass is 35.5. The second-order valence-corrected chi connectivity index (χ2v) is 7.64. The molecule has 2 aromatic carbocycles. The zero-order valence-electron chi connectivity index (χ0n) is 13.5. The Kier molecular flexibility index (Phi) is 5.47. The van der Waals surface area contributed by atoms with Gasteiger partial charge in [-0.05, 0) is 42.7 Å². The number of benzene rings is 2. The Bertz CT molecular complexity index is 752. The van der Waals surface area contributed by atoms with Crippen LogP contribution in [0.1, 0.15) is 33.2 Å². The predicted octanol–water partition coefficient (Wildman–Crippen LogP) is 5.11. The number of nitrogens with zero attached hydrogens (tertiary/aromatic N) is 1. The molecule has 1 aliphatic heterocycles. The molecule has 0 aromatic heterocycles. The third kappa shape index (κ3) is 3.76. The van der Waals surface area contributed by atoms with Gasteiger partial charge in [0.05, 0.1) is 0 Å². The van der Waals surface area contributed by atoms with E-state index in [0.717, 1.165) is 22.8 Å². The molecule has 0 N–H and O–H groups in total. The van der Waals surface area contributed by atoms with Crippen LogP contribution in [0.2, 0.25) is 5.02 Å². The zero-order valence-corrected chi connectivity index (χ0v) is 15.0. The van der Waals surface area contributed by atoms with Crippen molar-refractivity contribution in [1.29, 1.82) is 0 Å². The van der Waals surface area contributed by atoms with Crippen molar-refractivity contribution in [2.45, 2.75) is 18.6 Å². The van der Waals surface area contributed by atoms with E-state index in [9.17, 15) is 9.18 Å². The van der Waals surface area contributed by atoms with Crippen molar-refractivity contribution < 1.29 is 9.18 Å². The van der Waals surface area contributed by atoms with Gasteiger partial charge >= 0.3 is 0 Å². The maximum absolute atomic E-state index is 13.7. The second-order valence-electron chi connectivity index (χ2n) is 5.93. The molecule has 1 aliphatic rings. The molecule has 24 heavy (non-hydrogen) atoms. The Labute approximate surface area is 151 Å². The summed E-state index contributed by atoms with van der Waals surface area (Å²) in [5.41, 5.74) is 2.09. The van der Waals surface area contributed by atoms with Crippen molar-refractivity contribution in [3.8, 4) is 0 Å². The largest absolute Gasteiger partial charge is 0.338 e. The van der Waals surface area contributed by atoms with Gasteiger partial charge in [0.15, 0.2) is 0 Å². The first-order chi connectivity index (χ1) is 11.6. The Morgan fingerprint density at radius 3 is 2.79 bits per heavy atom. The van der Waals surface area contributed by atoms with Gasteiger partial charge < -0.3 is 4.90 Å². The molecule has 1 unspecified atom stereocenters. The van der Waals surface area contributed by atoms with Crippen molar-refractivity contribution in [1.82, 2.24) is 4.90 Å². The van der Waals surface area contributed by atoms with Gasteiger partial charge in [0.2, 0.25) is 0 Å². The van der Waals surface area contributed by atoms with Gasteiger partial charge in [0.25, 0.3) is 5.91 Å². The standard InChI is InChI=1S/C19H19ClFNOS/c1-13-6-7-14(12-17(13)21)19(23)22-9-8-18(24-11-10-22)15-4-2-3-5-16(15)20/h2-7,12,18H,8-11H2,1H3. The molecule has 1 saturated heterocycles. The van der Waals surface area contributed by atoms with Gasteiger partial charge in [-0.3, -0.25) is 4.79 Å². The van der Waals surface area contributed by atoms with Gasteiger partial charge in [-0.25, -0.2) is 4.39 Å². The molecule has 0 aliphatic carbocycles. The van der Waals surface area contributed by atoms with E-state index in [0.29, 0.717) is 24.2 Å². The predicted molar refractivity (Wildman–Crippen MR) is 98.3 cm³/mol. The summed E-state index contributed by atoms with van der Waals surface area (Å²) in [5.74, 6) is 0.406. The quantitative estimate of drug-likeness (QED) is 0.739. The topological polar surface area (TPSA) is 20.3 Å². The molecule has 3 rings (SSSR count). The van der Waals surface area contributed by atoms with Crippen LogP contribution < -0.4 is 0 Å². The van der Waals surface area contributed by atoms with E-state index < -0.39 is 0 Å². The van der Waals surface area contributed by atoms with Crippen LogP contribution in [0.15, 0.2) is 42.5 Å². The molecular formula is C19H19ClFNOS. The molecular weight excluding hydrogens is 345 g/mol. The fourth-order valence-corrected chi connectivity index (χ4v) is 4.47. The number of halogens is 2. The van der Waals surface area contributed by atoms with Crippen molar-refractivity contribution >= 4 is 29.3 Å². The summed E-state index contributed by atoms with van der Waals surface area (Å²) in [6.45, 7) is 3.01. The molecule has 0 saturated carbocycles. The summed E-state index contributed by atoms with van der Waals surface area (Å²) in [6, 6.07) is 12.6. The Morgan fingerprint density at radius 2 is 2.04 bits per heavy atom. The monoisotopic (exact) mass is 363 g/mol. The van der Waals surface area contributed by atoms with Crippen LogP contribution >= 0.6 is 23.4 Å². The number of hydrogen-bond donors (Lipinski definition) is 0. The molecule has 0 radical (unpaired) electrons. The number of thioether (sulfide) groups is 1. The minimum Gasteiger partial charge on any atom is -0.338 e. The van der Waals surface area contributed by atoms with Gasteiger partial charge in [-0.15, -0.1) is 0 Å². The van der Waals surface area contributed by atoms with Crippen LogP contribution in [0.25, 0.3) is 0 Å². The molecule has 1 heterocycles. The van der Waals surface area contributed by atoms with E-state index >= 15 is 0 Å². The Morgan fingerprint density at radius 1 is 1.25 bits per heavy atom. The molecule has 0 spiro atoms. The maximum Gasteiger partial charge on any atom is 0.253 e. The molecule has 126 valence electrons. The summed E-state index contributed by atoms with van der Waals surface area (Å²) in [6.07, 6.45) is 0.842. The summed E-state index contributed by atoms with van der Waals surface area (Å²) >= 11 is 8.12. The zero-order chi connectivity index (χ0) is 17.1. The fourth-order valence-electron chi connectivity index (χ4n) is 2.87. The van der Waals surface area contributed by atoms with Gasteiger partial charge in [0.1, 0.15) is 5.82 Å². The summed E-state index contributed by atoms with van der Waals surface area (Å²) in [5, 5.41) is 1.06. The molecule has 1 atom stereocenters. The highest BCUT2D eigenvalue weighted by molar-refractivity contribution is 7.99. The SMILES string of the molecule is Cc1ccc(C(=O)N2CCSC(c3ccccc3Cl)CC2)cc1F. The Hall–Kier alpha value is -1.52. The first-order valence-electron chi connectivity index (χ1n) is 7.97. The number of carbonyl (C=O) groups excluding carboxylic acids is 1. The van der Waals surface area contributed by atoms with Crippen molar-refractivity contribution in [3.05, 3.63) is 70.0 Å². The fraction of sp³-hybridized carbons (Fsp3) is 0.316. The molecule has 1 fully saturated rings. The van der Waals surface area contributed by atoms with Crippen molar-refractivity contribution in [2.24, 2.45) is 0 Å². The van der Waals surface area contributed by atoms with Crippen LogP contribution in [0.5, 0.6) is 0 Å². The van der Waals surface area contributed by atoms with E-state index in [2.05, 4.69) is 0 Å². The normalized spacial score (nSPS) is 18.3. The molecule has 2 aromatic rings. The minimum absolute atomic E-state index is 0.102. The average molecular weight is 364 g/mol. The van der Waals surface area contributed by atoms with E-state index in [1.807, 2.05) is 40.9 Å². The molecule has 0 bridgehead atoms. The lowest BCUT2D eigenvalue weighted by atomic mass is 10.1. The Balaban J connectivity index is 1.72. The average Bonchev–Trinajstić information content (AvgIpc) is 2.83. The third-order valence-electron chi connectivity index (χ3n) is 4.30. The molecule has 1 amide bonds. The van der Waals surface area contributed by atoms with Crippen LogP contribution in [0.3, 0.4) is 0 Å². The lowest BCUT2D eigenvalue weighted by Crippen LogP contribution is -2.33. The number of hydrogen-bond acceptors (Lipinski definition) is 2. The van der Waals surface area contributed by atoms with Gasteiger partial charge in [-0.2, -0.15) is 11.8 Å². The summed E-state index contributed by atoms with van der Waals surface area (Å²) in [7, 11) is 0. The molecule has 2 nitrogen and oxygen atoms in total. The second kappa shape index (κ2) is 7.58. The number of aryl methyl sites for hydroxylation is 1. The van der Waals surface area contributed by atoms with E-state index in [4.69, 9.17) is 11.6 Å².